The molecule has 8 heteroatoms. The predicted molar refractivity (Wildman–Crippen MR) is 111 cm³/mol. The minimum Gasteiger partial charge on any atom is -0.465 e. The monoisotopic (exact) mass is 407 g/mol. The fourth-order valence-corrected chi connectivity index (χ4v) is 3.05. The molecule has 1 N–H and O–H groups in total. The highest BCUT2D eigenvalue weighted by molar-refractivity contribution is 5.94. The number of methoxy groups -OCH3 is 1. The smallest absolute Gasteiger partial charge is 0.337 e. The molecule has 0 atom stereocenters. The second kappa shape index (κ2) is 8.60. The first-order valence-electron chi connectivity index (χ1n) is 9.18. The number of carbonyl (C=O) groups is 3. The van der Waals surface area contributed by atoms with Crippen LogP contribution in [0.5, 0.6) is 0 Å². The molecule has 154 valence electrons. The van der Waals surface area contributed by atoms with Crippen LogP contribution in [0.3, 0.4) is 0 Å². The third-order valence-electron chi connectivity index (χ3n) is 4.57. The average molecular weight is 407 g/mol. The molecule has 1 amide bonds. The lowest BCUT2D eigenvalue weighted by molar-refractivity contribution is -0.116. The third kappa shape index (κ3) is 4.38. The number of nitrogens with one attached hydrogen (secondary N) is 1. The summed E-state index contributed by atoms with van der Waals surface area (Å²) in [5.41, 5.74) is 2.33. The summed E-state index contributed by atoms with van der Waals surface area (Å²) in [6.07, 6.45) is 1.60. The highest BCUT2D eigenvalue weighted by Crippen LogP contribution is 2.13. The summed E-state index contributed by atoms with van der Waals surface area (Å²) < 4.78 is 7.42. The van der Waals surface area contributed by atoms with Gasteiger partial charge in [-0.3, -0.25) is 18.7 Å². The molecule has 0 aliphatic heterocycles. The maximum absolute atomic E-state index is 12.8. The van der Waals surface area contributed by atoms with Gasteiger partial charge >= 0.3 is 11.7 Å². The van der Waals surface area contributed by atoms with Crippen molar-refractivity contribution in [3.05, 3.63) is 82.0 Å². The van der Waals surface area contributed by atoms with Crippen LogP contribution < -0.4 is 11.0 Å². The molecule has 0 bridgehead atoms. The highest BCUT2D eigenvalue weighted by Gasteiger charge is 2.14. The molecule has 0 aliphatic carbocycles. The van der Waals surface area contributed by atoms with Gasteiger partial charge in [0.2, 0.25) is 5.91 Å². The number of anilines is 1. The maximum Gasteiger partial charge on any atom is 0.337 e. The standard InChI is InChI=1S/C22H21N3O5/c1-14-12-24(22(29)25(14)19-10-6-16(7-11-19)15(2)26)13-20(27)23-18-8-4-17(5-9-18)21(28)30-3/h4-12H,13H2,1-3H3,(H,23,27). The van der Waals surface area contributed by atoms with E-state index in [1.807, 2.05) is 0 Å². The number of hydrogen-bond donors (Lipinski definition) is 1. The van der Waals surface area contributed by atoms with Gasteiger partial charge in [0, 0.05) is 23.1 Å². The second-order valence-corrected chi connectivity index (χ2v) is 6.74. The van der Waals surface area contributed by atoms with Crippen molar-refractivity contribution in [1.29, 1.82) is 0 Å². The number of nitrogens with zero attached hydrogens (tertiary/aromatic N) is 2. The number of imidazole rings is 1. The molecule has 2 aromatic carbocycles. The number of ether oxygens (including phenoxy) is 1. The Morgan fingerprint density at radius 2 is 1.57 bits per heavy atom. The minimum absolute atomic E-state index is 0.0560. The van der Waals surface area contributed by atoms with Gasteiger partial charge in [-0.15, -0.1) is 0 Å². The Balaban J connectivity index is 1.75. The Hall–Kier alpha value is -3.94. The molecule has 1 aromatic heterocycles. The molecular formula is C22H21N3O5. The average Bonchev–Trinajstić information content (AvgIpc) is 3.00. The van der Waals surface area contributed by atoms with Gasteiger partial charge < -0.3 is 10.1 Å². The van der Waals surface area contributed by atoms with Crippen LogP contribution in [0.2, 0.25) is 0 Å². The summed E-state index contributed by atoms with van der Waals surface area (Å²) in [4.78, 5) is 48.0. The van der Waals surface area contributed by atoms with Crippen LogP contribution in [0.25, 0.3) is 5.69 Å². The number of hydrogen-bond acceptors (Lipinski definition) is 5. The Morgan fingerprint density at radius 1 is 0.967 bits per heavy atom. The Kier molecular flexibility index (Phi) is 5.96. The number of esters is 1. The van der Waals surface area contributed by atoms with E-state index in [0.717, 1.165) is 0 Å². The molecule has 0 fully saturated rings. The fraction of sp³-hybridized carbons (Fsp3) is 0.182. The van der Waals surface area contributed by atoms with Crippen molar-refractivity contribution >= 4 is 23.3 Å². The summed E-state index contributed by atoms with van der Waals surface area (Å²) in [5, 5.41) is 2.69. The Labute approximate surface area is 172 Å². The minimum atomic E-state index is -0.465. The molecule has 0 saturated carbocycles. The first kappa shape index (κ1) is 20.8. The molecule has 0 radical (unpaired) electrons. The van der Waals surface area contributed by atoms with Gasteiger partial charge in [0.05, 0.1) is 18.4 Å². The normalized spacial score (nSPS) is 10.5. The van der Waals surface area contributed by atoms with Crippen LogP contribution in [-0.4, -0.2) is 33.9 Å². The molecule has 1 heterocycles. The summed E-state index contributed by atoms with van der Waals surface area (Å²) in [5.74, 6) is -0.904. The van der Waals surface area contributed by atoms with E-state index in [-0.39, 0.29) is 23.9 Å². The van der Waals surface area contributed by atoms with Crippen molar-refractivity contribution in [3.8, 4) is 5.69 Å². The number of aryl methyl sites for hydroxylation is 1. The predicted octanol–water partition coefficient (Wildman–Crippen LogP) is 2.58. The van der Waals surface area contributed by atoms with Crippen molar-refractivity contribution in [1.82, 2.24) is 9.13 Å². The van der Waals surface area contributed by atoms with Crippen LogP contribution >= 0.6 is 0 Å². The van der Waals surface area contributed by atoms with Crippen LogP contribution in [0.1, 0.15) is 33.3 Å². The third-order valence-corrected chi connectivity index (χ3v) is 4.57. The second-order valence-electron chi connectivity index (χ2n) is 6.74. The summed E-state index contributed by atoms with van der Waals surface area (Å²) in [6, 6.07) is 13.0. The van der Waals surface area contributed by atoms with Crippen LogP contribution in [0, 0.1) is 6.92 Å². The van der Waals surface area contributed by atoms with E-state index in [4.69, 9.17) is 0 Å². The van der Waals surface area contributed by atoms with Crippen LogP contribution in [0.4, 0.5) is 5.69 Å². The van der Waals surface area contributed by atoms with E-state index < -0.39 is 5.97 Å². The molecule has 3 aromatic rings. The lowest BCUT2D eigenvalue weighted by atomic mass is 10.1. The molecule has 0 unspecified atom stereocenters. The first-order chi connectivity index (χ1) is 14.3. The van der Waals surface area contributed by atoms with E-state index in [9.17, 15) is 19.2 Å². The number of benzene rings is 2. The van der Waals surface area contributed by atoms with Gasteiger partial charge in [-0.05, 0) is 62.4 Å². The van der Waals surface area contributed by atoms with Crippen molar-refractivity contribution in [2.24, 2.45) is 0 Å². The first-order valence-corrected chi connectivity index (χ1v) is 9.18. The zero-order chi connectivity index (χ0) is 21.8. The van der Waals surface area contributed by atoms with Crippen molar-refractivity contribution in [2.45, 2.75) is 20.4 Å². The highest BCUT2D eigenvalue weighted by atomic mass is 16.5. The molecule has 0 saturated heterocycles. The topological polar surface area (TPSA) is 99.4 Å². The van der Waals surface area contributed by atoms with Crippen molar-refractivity contribution in [3.63, 3.8) is 0 Å². The van der Waals surface area contributed by atoms with E-state index in [1.54, 1.807) is 61.7 Å². The van der Waals surface area contributed by atoms with Crippen molar-refractivity contribution in [2.75, 3.05) is 12.4 Å². The number of ketones is 1. The number of carbonyl (C=O) groups excluding carboxylic acids is 3. The van der Waals surface area contributed by atoms with Gasteiger partial charge in [-0.1, -0.05) is 0 Å². The van der Waals surface area contributed by atoms with Crippen LogP contribution in [0.15, 0.2) is 59.5 Å². The van der Waals surface area contributed by atoms with Gasteiger partial charge in [0.25, 0.3) is 0 Å². The molecule has 3 rings (SSSR count). The van der Waals surface area contributed by atoms with Gasteiger partial charge in [0.1, 0.15) is 6.54 Å². The fourth-order valence-electron chi connectivity index (χ4n) is 3.05. The lowest BCUT2D eigenvalue weighted by Crippen LogP contribution is -2.28. The number of aromatic nitrogens is 2. The Bertz CT molecular complexity index is 1150. The van der Waals surface area contributed by atoms with E-state index in [2.05, 4.69) is 10.1 Å². The van der Waals surface area contributed by atoms with Gasteiger partial charge in [0.15, 0.2) is 5.78 Å². The molecule has 0 aliphatic rings. The maximum atomic E-state index is 12.8. The zero-order valence-corrected chi connectivity index (χ0v) is 16.8. The zero-order valence-electron chi connectivity index (χ0n) is 16.8. The molecule has 0 spiro atoms. The number of rotatable bonds is 6. The lowest BCUT2D eigenvalue weighted by Gasteiger charge is -2.07. The SMILES string of the molecule is COC(=O)c1ccc(NC(=O)Cn2cc(C)n(-c3ccc(C(C)=O)cc3)c2=O)cc1. The van der Waals surface area contributed by atoms with Gasteiger partial charge in [-0.25, -0.2) is 9.59 Å². The van der Waals surface area contributed by atoms with E-state index in [0.29, 0.717) is 28.2 Å². The number of Topliss-reactive ketones (excluding diaryl/α,β-unsaturated/α-hetero) is 1. The van der Waals surface area contributed by atoms with E-state index >= 15 is 0 Å². The van der Waals surface area contributed by atoms with E-state index in [1.165, 1.54) is 23.2 Å². The summed E-state index contributed by atoms with van der Waals surface area (Å²) in [7, 11) is 1.29. The molecular weight excluding hydrogens is 386 g/mol. The largest absolute Gasteiger partial charge is 0.465 e. The van der Waals surface area contributed by atoms with Gasteiger partial charge in [-0.2, -0.15) is 0 Å². The number of amides is 1. The Morgan fingerprint density at radius 3 is 2.13 bits per heavy atom. The molecule has 8 nitrogen and oxygen atoms in total. The quantitative estimate of drug-likeness (QED) is 0.500. The molecule has 30 heavy (non-hydrogen) atoms. The van der Waals surface area contributed by atoms with Crippen molar-refractivity contribution < 1.29 is 19.1 Å². The summed E-state index contributed by atoms with van der Waals surface area (Å²) in [6.45, 7) is 3.07. The van der Waals surface area contributed by atoms with Crippen LogP contribution in [-0.2, 0) is 16.1 Å². The summed E-state index contributed by atoms with van der Waals surface area (Å²) >= 11 is 0.